The van der Waals surface area contributed by atoms with Gasteiger partial charge in [0.25, 0.3) is 0 Å². The maximum absolute atomic E-state index is 11.8. The summed E-state index contributed by atoms with van der Waals surface area (Å²) in [6.45, 7) is 3.72. The second-order valence-electron chi connectivity index (χ2n) is 7.33. The van der Waals surface area contributed by atoms with Crippen molar-refractivity contribution in [2.75, 3.05) is 6.61 Å². The summed E-state index contributed by atoms with van der Waals surface area (Å²) in [4.78, 5) is 46.8. The second-order valence-corrected chi connectivity index (χ2v) is 7.33. The van der Waals surface area contributed by atoms with Crippen molar-refractivity contribution < 1.29 is 58.2 Å². The molecule has 34 heavy (non-hydrogen) atoms. The molecule has 0 radical (unpaired) electrons. The van der Waals surface area contributed by atoms with Crippen LogP contribution in [0.25, 0.3) is 0 Å². The van der Waals surface area contributed by atoms with Crippen LogP contribution in [0.2, 0.25) is 0 Å². The minimum Gasteiger partial charge on any atom is -0.630 e. The molecule has 1 aromatic carbocycles. The van der Waals surface area contributed by atoms with Gasteiger partial charge in [-0.05, 0) is 11.6 Å². The fourth-order valence-corrected chi connectivity index (χ4v) is 3.30. The van der Waals surface area contributed by atoms with Crippen LogP contribution in [0.5, 0.6) is 5.75 Å². The minimum absolute atomic E-state index is 0.00750. The average Bonchev–Trinajstić information content (AvgIpc) is 2.75. The number of hydrogen-bond donors (Lipinski definition) is 2. The molecule has 0 aromatic heterocycles. The molecular weight excluding hydrogens is 458 g/mol. The zero-order valence-corrected chi connectivity index (χ0v) is 19.0. The van der Waals surface area contributed by atoms with E-state index in [4.69, 9.17) is 28.4 Å². The largest absolute Gasteiger partial charge is 0.630 e. The fraction of sp³-hybridized carbons (Fsp3) is 0.524. The predicted molar refractivity (Wildman–Crippen MR) is 110 cm³/mol. The molecule has 0 spiro atoms. The highest BCUT2D eigenvalue weighted by atomic mass is 16.7. The van der Waals surface area contributed by atoms with Gasteiger partial charge in [0.15, 0.2) is 23.6 Å². The van der Waals surface area contributed by atoms with Gasteiger partial charge in [-0.2, -0.15) is 0 Å². The second kappa shape index (κ2) is 12.3. The Morgan fingerprint density at radius 3 is 2.06 bits per heavy atom. The van der Waals surface area contributed by atoms with Crippen molar-refractivity contribution in [2.24, 2.45) is 0 Å². The SMILES string of the molecule is CC(=O)OC[C@H]1O[C@@H](Oc2ccc(CO)cc2[NH2+][O-])[C@H](OC(C)=O)[C@@H](OC(C)=O)[C@H]1OC(C)=O. The van der Waals surface area contributed by atoms with E-state index < -0.39 is 61.2 Å². The molecule has 1 saturated heterocycles. The number of nitrogens with two attached hydrogens (primary N) is 1. The van der Waals surface area contributed by atoms with Crippen LogP contribution in [0.15, 0.2) is 18.2 Å². The molecule has 0 unspecified atom stereocenters. The maximum atomic E-state index is 11.8. The van der Waals surface area contributed by atoms with E-state index in [0.717, 1.165) is 27.7 Å². The number of carbonyl (C=O) groups excluding carboxylic acids is 4. The maximum Gasteiger partial charge on any atom is 0.303 e. The molecule has 5 atom stereocenters. The van der Waals surface area contributed by atoms with Gasteiger partial charge >= 0.3 is 23.9 Å². The Labute approximate surface area is 194 Å². The summed E-state index contributed by atoms with van der Waals surface area (Å²) in [5, 5.41) is 20.8. The van der Waals surface area contributed by atoms with E-state index in [1.54, 1.807) is 0 Å². The molecule has 13 heteroatoms. The zero-order chi connectivity index (χ0) is 25.4. The van der Waals surface area contributed by atoms with Gasteiger partial charge < -0.3 is 44.2 Å². The standard InChI is InChI=1S/C21H27NO12/c1-10(24)29-9-17-18(30-11(2)25)19(31-12(3)26)20(32-13(4)27)21(34-17)33-16-6-5-14(8-23)7-15(16)22-28/h5-7,17-21,23H,8-9,22H2,1-4H3/t17-,18+,19+,20-,21-/m1/s1. The number of carbonyl (C=O) groups is 4. The van der Waals surface area contributed by atoms with Gasteiger partial charge in [-0.3, -0.25) is 19.2 Å². The van der Waals surface area contributed by atoms with E-state index in [9.17, 15) is 29.5 Å². The van der Waals surface area contributed by atoms with E-state index in [1.807, 2.05) is 0 Å². The lowest BCUT2D eigenvalue weighted by Gasteiger charge is -2.43. The van der Waals surface area contributed by atoms with Crippen LogP contribution in [0.1, 0.15) is 33.3 Å². The number of hydrogen-bond acceptors (Lipinski definition) is 12. The highest BCUT2D eigenvalue weighted by Crippen LogP contribution is 2.32. The lowest BCUT2D eigenvalue weighted by Crippen LogP contribution is -2.70. The van der Waals surface area contributed by atoms with Gasteiger partial charge in [0, 0.05) is 33.8 Å². The summed E-state index contributed by atoms with van der Waals surface area (Å²) in [6, 6.07) is 4.27. The van der Waals surface area contributed by atoms with Crippen molar-refractivity contribution in [3.8, 4) is 5.75 Å². The fourth-order valence-electron chi connectivity index (χ4n) is 3.30. The summed E-state index contributed by atoms with van der Waals surface area (Å²) in [6.07, 6.45) is -6.82. The Balaban J connectivity index is 2.50. The molecule has 1 heterocycles. The van der Waals surface area contributed by atoms with E-state index in [1.165, 1.54) is 18.2 Å². The average molecular weight is 485 g/mol. The van der Waals surface area contributed by atoms with Crippen LogP contribution >= 0.6 is 0 Å². The molecule has 0 bridgehead atoms. The Hall–Kier alpha value is -3.26. The molecule has 1 aliphatic heterocycles. The highest BCUT2D eigenvalue weighted by Gasteiger charge is 2.53. The molecule has 188 valence electrons. The predicted octanol–water partition coefficient (Wildman–Crippen LogP) is -0.666. The quantitative estimate of drug-likeness (QED) is 0.195. The van der Waals surface area contributed by atoms with Gasteiger partial charge in [0.1, 0.15) is 12.7 Å². The lowest BCUT2D eigenvalue weighted by molar-refractivity contribution is -0.498. The molecule has 1 aliphatic rings. The van der Waals surface area contributed by atoms with Crippen molar-refractivity contribution in [2.45, 2.75) is 65.0 Å². The van der Waals surface area contributed by atoms with Crippen molar-refractivity contribution in [1.29, 1.82) is 0 Å². The van der Waals surface area contributed by atoms with Crippen LogP contribution in [0.4, 0.5) is 5.69 Å². The number of rotatable bonds is 9. The number of benzene rings is 1. The first kappa shape index (κ1) is 27.0. The van der Waals surface area contributed by atoms with Gasteiger partial charge in [-0.25, -0.2) is 0 Å². The van der Waals surface area contributed by atoms with Crippen LogP contribution in [-0.2, 0) is 49.5 Å². The Morgan fingerprint density at radius 1 is 0.941 bits per heavy atom. The van der Waals surface area contributed by atoms with Crippen LogP contribution < -0.4 is 10.2 Å². The van der Waals surface area contributed by atoms with Crippen molar-refractivity contribution >= 4 is 29.6 Å². The summed E-state index contributed by atoms with van der Waals surface area (Å²) < 4.78 is 32.5. The first-order chi connectivity index (χ1) is 16.0. The van der Waals surface area contributed by atoms with Crippen molar-refractivity contribution in [3.05, 3.63) is 29.0 Å². The number of aliphatic hydroxyl groups is 1. The number of ether oxygens (including phenoxy) is 6. The molecule has 2 rings (SSSR count). The minimum atomic E-state index is -1.47. The third-order valence-corrected chi connectivity index (χ3v) is 4.58. The molecule has 0 saturated carbocycles. The van der Waals surface area contributed by atoms with Crippen LogP contribution in [0.3, 0.4) is 0 Å². The summed E-state index contributed by atoms with van der Waals surface area (Å²) in [7, 11) is 0. The molecule has 13 nitrogen and oxygen atoms in total. The number of quaternary nitrogens is 1. The lowest BCUT2D eigenvalue weighted by atomic mass is 9.98. The molecular formula is C21H27NO12. The van der Waals surface area contributed by atoms with E-state index in [-0.39, 0.29) is 18.0 Å². The monoisotopic (exact) mass is 485 g/mol. The molecule has 1 aromatic rings. The highest BCUT2D eigenvalue weighted by molar-refractivity contribution is 5.68. The summed E-state index contributed by atoms with van der Waals surface area (Å²) >= 11 is 0. The Bertz CT molecular complexity index is 904. The first-order valence-corrected chi connectivity index (χ1v) is 10.2. The molecule has 3 N–H and O–H groups in total. The topological polar surface area (TPSA) is 184 Å². The van der Waals surface area contributed by atoms with E-state index in [2.05, 4.69) is 0 Å². The summed E-state index contributed by atoms with van der Waals surface area (Å²) in [5.74, 6) is -2.98. The van der Waals surface area contributed by atoms with Crippen molar-refractivity contribution in [3.63, 3.8) is 0 Å². The zero-order valence-electron chi connectivity index (χ0n) is 19.0. The normalized spacial score (nSPS) is 24.0. The van der Waals surface area contributed by atoms with Gasteiger partial charge in [0.05, 0.1) is 6.61 Å². The van der Waals surface area contributed by atoms with Gasteiger partial charge in [-0.15, -0.1) is 0 Å². The summed E-state index contributed by atoms with van der Waals surface area (Å²) in [5.41, 5.74) is 0.982. The van der Waals surface area contributed by atoms with E-state index >= 15 is 0 Å². The van der Waals surface area contributed by atoms with Gasteiger partial charge in [-0.1, -0.05) is 6.07 Å². The number of esters is 4. The Kier molecular flexibility index (Phi) is 9.74. The molecule has 1 fully saturated rings. The van der Waals surface area contributed by atoms with Gasteiger partial charge in [0.2, 0.25) is 12.4 Å². The third kappa shape index (κ3) is 7.38. The van der Waals surface area contributed by atoms with Crippen LogP contribution in [0, 0.1) is 5.21 Å². The smallest absolute Gasteiger partial charge is 0.303 e. The van der Waals surface area contributed by atoms with Crippen molar-refractivity contribution in [1.82, 2.24) is 0 Å². The molecule has 0 aliphatic carbocycles. The van der Waals surface area contributed by atoms with E-state index in [0.29, 0.717) is 11.0 Å². The first-order valence-electron chi connectivity index (χ1n) is 10.2. The van der Waals surface area contributed by atoms with Crippen LogP contribution in [-0.4, -0.2) is 66.3 Å². The Morgan fingerprint density at radius 2 is 1.53 bits per heavy atom. The number of aliphatic hydroxyl groups excluding tert-OH is 1. The molecule has 0 amide bonds. The third-order valence-electron chi connectivity index (χ3n) is 4.58.